The van der Waals surface area contributed by atoms with Crippen molar-refractivity contribution in [3.63, 3.8) is 0 Å². The van der Waals surface area contributed by atoms with Gasteiger partial charge in [0.2, 0.25) is 0 Å². The molecule has 7 nitrogen and oxygen atoms in total. The first-order chi connectivity index (χ1) is 19.3. The van der Waals surface area contributed by atoms with Crippen molar-refractivity contribution >= 4 is 52.3 Å². The van der Waals surface area contributed by atoms with Crippen molar-refractivity contribution in [3.8, 4) is 0 Å². The van der Waals surface area contributed by atoms with E-state index in [1.807, 2.05) is 0 Å². The summed E-state index contributed by atoms with van der Waals surface area (Å²) in [7, 11) is 0. The zero-order valence-electron chi connectivity index (χ0n) is 22.7. The van der Waals surface area contributed by atoms with Gasteiger partial charge < -0.3 is 20.2 Å². The summed E-state index contributed by atoms with van der Waals surface area (Å²) in [6.45, 7) is 4.21. The minimum absolute atomic E-state index is 0.0166. The summed E-state index contributed by atoms with van der Waals surface area (Å²) in [4.78, 5) is 31.5. The highest BCUT2D eigenvalue weighted by atomic mass is 35.5. The Bertz CT molecular complexity index is 1300. The number of halogens is 5. The standard InChI is InChI=1S/C29H33Cl3F2N4O3/c1-28(41,23-14-18(30)2-5-24(23)31)27(40)37-10-6-21(7-11-37)38-16-20(17-38)35-19-3-4-22(25(32)15-19)26(39)36-12-8-29(33,34)9-13-36/h2-5,14-15,20-21,35,41H,6-13,16-17H2,1H3/t28-/m0/s1. The molecule has 2 aromatic rings. The van der Waals surface area contributed by atoms with Crippen LogP contribution in [0.2, 0.25) is 15.1 Å². The summed E-state index contributed by atoms with van der Waals surface area (Å²) in [5.74, 6) is -3.43. The number of nitrogens with zero attached hydrogens (tertiary/aromatic N) is 3. The number of benzene rings is 2. The molecule has 3 fully saturated rings. The number of hydrogen-bond donors (Lipinski definition) is 2. The van der Waals surface area contributed by atoms with Gasteiger partial charge in [-0.2, -0.15) is 0 Å². The van der Waals surface area contributed by atoms with Crippen LogP contribution in [-0.4, -0.2) is 88.9 Å². The van der Waals surface area contributed by atoms with Gasteiger partial charge in [-0.05, 0) is 56.2 Å². The van der Waals surface area contributed by atoms with Crippen molar-refractivity contribution in [2.24, 2.45) is 0 Å². The largest absolute Gasteiger partial charge is 0.380 e. The average molecular weight is 630 g/mol. The molecule has 3 aliphatic heterocycles. The molecule has 222 valence electrons. The third-order valence-electron chi connectivity index (χ3n) is 8.40. The smallest absolute Gasteiger partial charge is 0.258 e. The zero-order chi connectivity index (χ0) is 29.5. The van der Waals surface area contributed by atoms with E-state index >= 15 is 0 Å². The maximum absolute atomic E-state index is 13.4. The highest BCUT2D eigenvalue weighted by Gasteiger charge is 2.41. The molecule has 12 heteroatoms. The van der Waals surface area contributed by atoms with E-state index < -0.39 is 11.5 Å². The fourth-order valence-electron chi connectivity index (χ4n) is 5.85. The van der Waals surface area contributed by atoms with Crippen molar-refractivity contribution in [1.82, 2.24) is 14.7 Å². The van der Waals surface area contributed by atoms with E-state index in [9.17, 15) is 23.5 Å². The normalized spacial score (nSPS) is 21.7. The fourth-order valence-corrected chi connectivity index (χ4v) is 6.59. The summed E-state index contributed by atoms with van der Waals surface area (Å²) < 4.78 is 26.9. The van der Waals surface area contributed by atoms with Gasteiger partial charge in [0.05, 0.1) is 16.6 Å². The molecule has 3 saturated heterocycles. The Kier molecular flexibility index (Phi) is 8.75. The van der Waals surface area contributed by atoms with Crippen molar-refractivity contribution in [3.05, 3.63) is 62.6 Å². The summed E-state index contributed by atoms with van der Waals surface area (Å²) in [6.07, 6.45) is 0.927. The number of hydrogen-bond acceptors (Lipinski definition) is 5. The molecule has 0 spiro atoms. The second-order valence-electron chi connectivity index (χ2n) is 11.4. The predicted molar refractivity (Wildman–Crippen MR) is 156 cm³/mol. The molecule has 2 aromatic carbocycles. The first-order valence-corrected chi connectivity index (χ1v) is 14.9. The van der Waals surface area contributed by atoms with E-state index in [0.717, 1.165) is 31.6 Å². The summed E-state index contributed by atoms with van der Waals surface area (Å²) in [5.41, 5.74) is -0.367. The van der Waals surface area contributed by atoms with Crippen molar-refractivity contribution in [1.29, 1.82) is 0 Å². The molecule has 3 aliphatic rings. The van der Waals surface area contributed by atoms with Crippen LogP contribution < -0.4 is 5.32 Å². The molecule has 0 aromatic heterocycles. The lowest BCUT2D eigenvalue weighted by molar-refractivity contribution is -0.152. The predicted octanol–water partition coefficient (Wildman–Crippen LogP) is 5.51. The number of piperidine rings is 2. The number of amides is 2. The molecule has 0 saturated carbocycles. The quantitative estimate of drug-likeness (QED) is 0.441. The second-order valence-corrected chi connectivity index (χ2v) is 12.6. The number of rotatable bonds is 6. The first-order valence-electron chi connectivity index (χ1n) is 13.8. The lowest BCUT2D eigenvalue weighted by Crippen LogP contribution is -2.61. The number of carbonyl (C=O) groups is 2. The Morgan fingerprint density at radius 1 is 0.951 bits per heavy atom. The topological polar surface area (TPSA) is 76.1 Å². The monoisotopic (exact) mass is 628 g/mol. The Hall–Kier alpha value is -2.17. The number of aliphatic hydroxyl groups is 1. The van der Waals surface area contributed by atoms with E-state index in [1.165, 1.54) is 17.9 Å². The van der Waals surface area contributed by atoms with Crippen LogP contribution in [-0.2, 0) is 10.4 Å². The lowest BCUT2D eigenvalue weighted by atomic mass is 9.92. The van der Waals surface area contributed by atoms with Gasteiger partial charge in [-0.1, -0.05) is 34.8 Å². The maximum Gasteiger partial charge on any atom is 0.258 e. The molecule has 5 rings (SSSR count). The van der Waals surface area contributed by atoms with Crippen molar-refractivity contribution < 1.29 is 23.5 Å². The molecule has 0 radical (unpaired) electrons. The third-order valence-corrected chi connectivity index (χ3v) is 9.28. The molecular weight excluding hydrogens is 597 g/mol. The van der Waals surface area contributed by atoms with Crippen LogP contribution in [0.1, 0.15) is 48.5 Å². The molecular formula is C29H33Cl3F2N4O3. The minimum atomic E-state index is -2.72. The Labute approximate surface area is 253 Å². The van der Waals surface area contributed by atoms with Crippen LogP contribution >= 0.6 is 34.8 Å². The van der Waals surface area contributed by atoms with Gasteiger partial charge in [0.15, 0.2) is 5.60 Å². The molecule has 0 aliphatic carbocycles. The van der Waals surface area contributed by atoms with E-state index in [-0.39, 0.29) is 43.8 Å². The molecule has 2 N–H and O–H groups in total. The number of likely N-dealkylation sites (tertiary alicyclic amines) is 3. The highest BCUT2D eigenvalue weighted by Crippen LogP contribution is 2.34. The van der Waals surface area contributed by atoms with Gasteiger partial charge in [-0.15, -0.1) is 0 Å². The number of anilines is 1. The Balaban J connectivity index is 1.09. The van der Waals surface area contributed by atoms with Gasteiger partial charge >= 0.3 is 0 Å². The first kappa shape index (κ1) is 30.3. The van der Waals surface area contributed by atoms with E-state index in [0.29, 0.717) is 45.3 Å². The summed E-state index contributed by atoms with van der Waals surface area (Å²) in [6, 6.07) is 10.4. The number of alkyl halides is 2. The molecule has 0 unspecified atom stereocenters. The average Bonchev–Trinajstić information content (AvgIpc) is 2.91. The summed E-state index contributed by atoms with van der Waals surface area (Å²) >= 11 is 18.7. The Morgan fingerprint density at radius 2 is 1.61 bits per heavy atom. The molecule has 3 heterocycles. The maximum atomic E-state index is 13.4. The van der Waals surface area contributed by atoms with Crippen LogP contribution in [0.25, 0.3) is 0 Å². The van der Waals surface area contributed by atoms with Gasteiger partial charge in [0.25, 0.3) is 17.7 Å². The van der Waals surface area contributed by atoms with Gasteiger partial charge in [-0.3, -0.25) is 14.5 Å². The van der Waals surface area contributed by atoms with Gasteiger partial charge in [0, 0.05) is 79.4 Å². The van der Waals surface area contributed by atoms with E-state index in [2.05, 4.69) is 10.2 Å². The molecule has 2 amide bonds. The van der Waals surface area contributed by atoms with Crippen LogP contribution in [0, 0.1) is 0 Å². The lowest BCUT2D eigenvalue weighted by Gasteiger charge is -2.48. The van der Waals surface area contributed by atoms with Gasteiger partial charge in [-0.25, -0.2) is 8.78 Å². The van der Waals surface area contributed by atoms with Crippen LogP contribution in [0.15, 0.2) is 36.4 Å². The number of nitrogens with one attached hydrogen (secondary N) is 1. The van der Waals surface area contributed by atoms with Gasteiger partial charge in [0.1, 0.15) is 0 Å². The van der Waals surface area contributed by atoms with Crippen LogP contribution in [0.4, 0.5) is 14.5 Å². The Morgan fingerprint density at radius 3 is 2.24 bits per heavy atom. The zero-order valence-corrected chi connectivity index (χ0v) is 25.0. The van der Waals surface area contributed by atoms with E-state index in [1.54, 1.807) is 35.2 Å². The molecule has 41 heavy (non-hydrogen) atoms. The minimum Gasteiger partial charge on any atom is -0.380 e. The van der Waals surface area contributed by atoms with Crippen molar-refractivity contribution in [2.75, 3.05) is 44.6 Å². The van der Waals surface area contributed by atoms with Crippen molar-refractivity contribution in [2.45, 2.75) is 56.2 Å². The fraction of sp³-hybridized carbons (Fsp3) is 0.517. The van der Waals surface area contributed by atoms with Crippen LogP contribution in [0.5, 0.6) is 0 Å². The molecule has 0 bridgehead atoms. The second kappa shape index (κ2) is 11.8. The third kappa shape index (κ3) is 6.59. The summed E-state index contributed by atoms with van der Waals surface area (Å²) in [5, 5.41) is 15.5. The molecule has 1 atom stereocenters. The highest BCUT2D eigenvalue weighted by molar-refractivity contribution is 6.34. The number of carbonyl (C=O) groups excluding carboxylic acids is 2. The van der Waals surface area contributed by atoms with Crippen LogP contribution in [0.3, 0.4) is 0 Å². The SMILES string of the molecule is C[C@@](O)(C(=O)N1CCC(N2CC(Nc3ccc(C(=O)N4CCC(F)(F)CC4)c(Cl)c3)C2)CC1)c1cc(Cl)ccc1Cl. The van der Waals surface area contributed by atoms with E-state index in [4.69, 9.17) is 34.8 Å².